The highest BCUT2D eigenvalue weighted by Crippen LogP contribution is 2.34. The zero-order valence-electron chi connectivity index (χ0n) is 9.79. The standard InChI is InChI=1S/C14H21N/c1-10-6-7-13(11(2)8-10)14(15)9-12-4-3-5-12/h6-8,12,14H,3-5,9,15H2,1-2H3. The molecule has 82 valence electrons. The number of hydrogen-bond acceptors (Lipinski definition) is 1. The molecular formula is C14H21N. The van der Waals surface area contributed by atoms with Crippen molar-refractivity contribution in [3.63, 3.8) is 0 Å². The SMILES string of the molecule is Cc1ccc(C(N)CC2CCC2)c(C)c1. The molecule has 1 aromatic rings. The summed E-state index contributed by atoms with van der Waals surface area (Å²) in [6, 6.07) is 6.85. The Kier molecular flexibility index (Phi) is 3.11. The van der Waals surface area contributed by atoms with Crippen molar-refractivity contribution in [3.8, 4) is 0 Å². The van der Waals surface area contributed by atoms with Crippen molar-refractivity contribution in [1.82, 2.24) is 0 Å². The van der Waals surface area contributed by atoms with Crippen LogP contribution >= 0.6 is 0 Å². The third-order valence-corrected chi connectivity index (χ3v) is 3.64. The van der Waals surface area contributed by atoms with Gasteiger partial charge in [0.25, 0.3) is 0 Å². The van der Waals surface area contributed by atoms with Crippen LogP contribution in [0.1, 0.15) is 48.4 Å². The molecule has 0 spiro atoms. The number of nitrogens with two attached hydrogens (primary N) is 1. The second kappa shape index (κ2) is 4.36. The molecule has 0 aliphatic heterocycles. The van der Waals surface area contributed by atoms with Crippen LogP contribution in [0.5, 0.6) is 0 Å². The van der Waals surface area contributed by atoms with Gasteiger partial charge in [-0.25, -0.2) is 0 Å². The van der Waals surface area contributed by atoms with Crippen LogP contribution in [0.15, 0.2) is 18.2 Å². The molecule has 1 fully saturated rings. The molecule has 1 aliphatic carbocycles. The number of benzene rings is 1. The van der Waals surface area contributed by atoms with Crippen molar-refractivity contribution in [2.24, 2.45) is 11.7 Å². The quantitative estimate of drug-likeness (QED) is 0.799. The Labute approximate surface area is 92.7 Å². The molecule has 1 saturated carbocycles. The fourth-order valence-electron chi connectivity index (χ4n) is 2.46. The molecule has 1 nitrogen and oxygen atoms in total. The molecule has 1 aliphatic rings. The first-order valence-corrected chi connectivity index (χ1v) is 5.99. The van der Waals surface area contributed by atoms with Gasteiger partial charge in [0.15, 0.2) is 0 Å². The fraction of sp³-hybridized carbons (Fsp3) is 0.571. The van der Waals surface area contributed by atoms with Crippen molar-refractivity contribution in [2.45, 2.75) is 45.6 Å². The average Bonchev–Trinajstić information content (AvgIpc) is 2.11. The maximum Gasteiger partial charge on any atom is 0.0300 e. The molecule has 0 saturated heterocycles. The summed E-state index contributed by atoms with van der Waals surface area (Å²) in [5.41, 5.74) is 10.3. The van der Waals surface area contributed by atoms with E-state index in [2.05, 4.69) is 32.0 Å². The van der Waals surface area contributed by atoms with Gasteiger partial charge in [-0.2, -0.15) is 0 Å². The number of hydrogen-bond donors (Lipinski definition) is 1. The van der Waals surface area contributed by atoms with Gasteiger partial charge in [0, 0.05) is 6.04 Å². The molecule has 2 rings (SSSR count). The summed E-state index contributed by atoms with van der Waals surface area (Å²) in [5.74, 6) is 0.890. The third-order valence-electron chi connectivity index (χ3n) is 3.64. The Hall–Kier alpha value is -0.820. The largest absolute Gasteiger partial charge is 0.324 e. The van der Waals surface area contributed by atoms with E-state index in [9.17, 15) is 0 Å². The molecular weight excluding hydrogens is 182 g/mol. The Morgan fingerprint density at radius 1 is 1.33 bits per heavy atom. The van der Waals surface area contributed by atoms with E-state index in [0.29, 0.717) is 0 Å². The van der Waals surface area contributed by atoms with E-state index in [4.69, 9.17) is 5.73 Å². The van der Waals surface area contributed by atoms with Gasteiger partial charge in [0.2, 0.25) is 0 Å². The summed E-state index contributed by atoms with van der Waals surface area (Å²) in [7, 11) is 0. The molecule has 0 radical (unpaired) electrons. The zero-order chi connectivity index (χ0) is 10.8. The fourth-order valence-corrected chi connectivity index (χ4v) is 2.46. The van der Waals surface area contributed by atoms with Gasteiger partial charge in [-0.3, -0.25) is 0 Å². The molecule has 0 aromatic heterocycles. The van der Waals surface area contributed by atoms with E-state index in [1.54, 1.807) is 0 Å². The maximum atomic E-state index is 6.26. The monoisotopic (exact) mass is 203 g/mol. The first-order chi connectivity index (χ1) is 7.16. The van der Waals surface area contributed by atoms with Crippen LogP contribution in [0.25, 0.3) is 0 Å². The van der Waals surface area contributed by atoms with Crippen LogP contribution in [-0.2, 0) is 0 Å². The van der Waals surface area contributed by atoms with Crippen molar-refractivity contribution >= 4 is 0 Å². The molecule has 2 N–H and O–H groups in total. The second-order valence-corrected chi connectivity index (χ2v) is 5.00. The molecule has 1 heteroatoms. The molecule has 0 heterocycles. The molecule has 0 amide bonds. The van der Waals surface area contributed by atoms with Crippen LogP contribution in [0, 0.1) is 19.8 Å². The predicted molar refractivity (Wildman–Crippen MR) is 64.8 cm³/mol. The Morgan fingerprint density at radius 2 is 2.07 bits per heavy atom. The molecule has 1 aromatic carbocycles. The second-order valence-electron chi connectivity index (χ2n) is 5.00. The van der Waals surface area contributed by atoms with E-state index < -0.39 is 0 Å². The third kappa shape index (κ3) is 2.40. The number of aryl methyl sites for hydroxylation is 2. The maximum absolute atomic E-state index is 6.26. The Morgan fingerprint density at radius 3 is 2.60 bits per heavy atom. The minimum atomic E-state index is 0.246. The van der Waals surface area contributed by atoms with Gasteiger partial charge in [-0.15, -0.1) is 0 Å². The Balaban J connectivity index is 2.06. The lowest BCUT2D eigenvalue weighted by molar-refractivity contribution is 0.277. The van der Waals surface area contributed by atoms with Gasteiger partial charge < -0.3 is 5.73 Å². The molecule has 0 bridgehead atoms. The highest BCUT2D eigenvalue weighted by atomic mass is 14.6. The number of rotatable bonds is 3. The van der Waals surface area contributed by atoms with Crippen molar-refractivity contribution < 1.29 is 0 Å². The molecule has 15 heavy (non-hydrogen) atoms. The van der Waals surface area contributed by atoms with Crippen LogP contribution in [0.4, 0.5) is 0 Å². The summed E-state index contributed by atoms with van der Waals surface area (Å²) < 4.78 is 0. The lowest BCUT2D eigenvalue weighted by Gasteiger charge is -2.28. The lowest BCUT2D eigenvalue weighted by Crippen LogP contribution is -2.20. The van der Waals surface area contributed by atoms with Crippen LogP contribution < -0.4 is 5.73 Å². The van der Waals surface area contributed by atoms with Gasteiger partial charge in [-0.05, 0) is 37.3 Å². The van der Waals surface area contributed by atoms with Gasteiger partial charge in [0.1, 0.15) is 0 Å². The van der Waals surface area contributed by atoms with Gasteiger partial charge in [-0.1, -0.05) is 43.0 Å². The molecule has 1 atom stereocenters. The summed E-state index contributed by atoms with van der Waals surface area (Å²) in [6.07, 6.45) is 5.35. The van der Waals surface area contributed by atoms with E-state index in [0.717, 1.165) is 5.92 Å². The van der Waals surface area contributed by atoms with Crippen LogP contribution in [0.3, 0.4) is 0 Å². The molecule has 1 unspecified atom stereocenters. The first-order valence-electron chi connectivity index (χ1n) is 5.99. The van der Waals surface area contributed by atoms with E-state index in [1.165, 1.54) is 42.4 Å². The van der Waals surface area contributed by atoms with Crippen LogP contribution in [-0.4, -0.2) is 0 Å². The summed E-state index contributed by atoms with van der Waals surface area (Å²) in [4.78, 5) is 0. The summed E-state index contributed by atoms with van der Waals surface area (Å²) in [6.45, 7) is 4.30. The Bertz CT molecular complexity index is 339. The topological polar surface area (TPSA) is 26.0 Å². The minimum Gasteiger partial charge on any atom is -0.324 e. The average molecular weight is 203 g/mol. The van der Waals surface area contributed by atoms with E-state index >= 15 is 0 Å². The summed E-state index contributed by atoms with van der Waals surface area (Å²) >= 11 is 0. The van der Waals surface area contributed by atoms with E-state index in [1.807, 2.05) is 0 Å². The highest BCUT2D eigenvalue weighted by molar-refractivity contribution is 5.32. The van der Waals surface area contributed by atoms with Gasteiger partial charge >= 0.3 is 0 Å². The van der Waals surface area contributed by atoms with Crippen molar-refractivity contribution in [3.05, 3.63) is 34.9 Å². The van der Waals surface area contributed by atoms with E-state index in [-0.39, 0.29) is 6.04 Å². The first kappa shape index (κ1) is 10.7. The van der Waals surface area contributed by atoms with Crippen molar-refractivity contribution in [1.29, 1.82) is 0 Å². The van der Waals surface area contributed by atoms with Gasteiger partial charge in [0.05, 0.1) is 0 Å². The van der Waals surface area contributed by atoms with Crippen LogP contribution in [0.2, 0.25) is 0 Å². The summed E-state index contributed by atoms with van der Waals surface area (Å²) in [5, 5.41) is 0. The minimum absolute atomic E-state index is 0.246. The predicted octanol–water partition coefficient (Wildman–Crippen LogP) is 3.49. The normalized spacial score (nSPS) is 18.6. The smallest absolute Gasteiger partial charge is 0.0300 e. The van der Waals surface area contributed by atoms with Crippen molar-refractivity contribution in [2.75, 3.05) is 0 Å². The lowest BCUT2D eigenvalue weighted by atomic mass is 9.79. The highest BCUT2D eigenvalue weighted by Gasteiger charge is 2.21. The zero-order valence-corrected chi connectivity index (χ0v) is 9.79.